The molecule has 2 fully saturated rings. The lowest BCUT2D eigenvalue weighted by atomic mass is 9.68. The summed E-state index contributed by atoms with van der Waals surface area (Å²) in [5.41, 5.74) is 1.65. The van der Waals surface area contributed by atoms with Crippen LogP contribution >= 0.6 is 0 Å². The molecule has 118 valence electrons. The van der Waals surface area contributed by atoms with Crippen LogP contribution in [0.2, 0.25) is 0 Å². The van der Waals surface area contributed by atoms with E-state index in [-0.39, 0.29) is 5.54 Å². The molecule has 1 aliphatic carbocycles. The van der Waals surface area contributed by atoms with Crippen molar-refractivity contribution in [1.82, 2.24) is 5.32 Å². The standard InChI is InChI=1S/C19H37N/c1-8-19-10-9-18(7,14-19)12-15(2)11-16(3,4)13-17(5,6)20-19/h15,20H,8-14H2,1-7H3. The zero-order valence-electron chi connectivity index (χ0n) is 15.0. The Morgan fingerprint density at radius 3 is 2.20 bits per heavy atom. The van der Waals surface area contributed by atoms with Crippen LogP contribution in [0, 0.1) is 16.7 Å². The van der Waals surface area contributed by atoms with E-state index in [2.05, 4.69) is 53.8 Å². The second-order valence-electron chi connectivity index (χ2n) is 9.98. The van der Waals surface area contributed by atoms with Gasteiger partial charge in [0, 0.05) is 11.1 Å². The van der Waals surface area contributed by atoms with Crippen molar-refractivity contribution in [1.29, 1.82) is 0 Å². The van der Waals surface area contributed by atoms with Gasteiger partial charge in [-0.3, -0.25) is 0 Å². The SMILES string of the molecule is CCC12CCC(C)(CC(C)CC(C)(C)CC(C)(C)N1)C2. The zero-order valence-corrected chi connectivity index (χ0v) is 15.0. The first-order valence-electron chi connectivity index (χ1n) is 8.78. The highest BCUT2D eigenvalue weighted by Gasteiger charge is 2.48. The first kappa shape index (κ1) is 16.3. The third-order valence-electron chi connectivity index (χ3n) is 5.92. The minimum Gasteiger partial charge on any atom is -0.306 e. The molecule has 0 radical (unpaired) electrons. The molecular weight excluding hydrogens is 242 g/mol. The van der Waals surface area contributed by atoms with E-state index in [4.69, 9.17) is 0 Å². The summed E-state index contributed by atoms with van der Waals surface area (Å²) in [6.07, 6.45) is 9.51. The molecule has 20 heavy (non-hydrogen) atoms. The molecule has 0 aromatic rings. The van der Waals surface area contributed by atoms with E-state index in [1.54, 1.807) is 0 Å². The molecule has 2 bridgehead atoms. The maximum absolute atomic E-state index is 4.11. The molecule has 0 aromatic carbocycles. The van der Waals surface area contributed by atoms with Gasteiger partial charge in [0.2, 0.25) is 0 Å². The van der Waals surface area contributed by atoms with E-state index < -0.39 is 0 Å². The van der Waals surface area contributed by atoms with E-state index in [1.807, 2.05) is 0 Å². The molecule has 1 saturated heterocycles. The summed E-state index contributed by atoms with van der Waals surface area (Å²) in [6, 6.07) is 0. The normalized spacial score (nSPS) is 44.2. The summed E-state index contributed by atoms with van der Waals surface area (Å²) in [7, 11) is 0. The fourth-order valence-corrected chi connectivity index (χ4v) is 6.09. The van der Waals surface area contributed by atoms with Crippen molar-refractivity contribution < 1.29 is 0 Å². The summed E-state index contributed by atoms with van der Waals surface area (Å²) in [5, 5.41) is 4.11. The van der Waals surface area contributed by atoms with Crippen LogP contribution in [0.25, 0.3) is 0 Å². The van der Waals surface area contributed by atoms with Crippen LogP contribution in [0.4, 0.5) is 0 Å². The van der Waals surface area contributed by atoms with Gasteiger partial charge < -0.3 is 5.32 Å². The average Bonchev–Trinajstić information content (AvgIpc) is 2.51. The molecule has 1 N–H and O–H groups in total. The number of rotatable bonds is 1. The Labute approximate surface area is 127 Å². The summed E-state index contributed by atoms with van der Waals surface area (Å²) in [6.45, 7) is 17.2. The molecule has 1 aliphatic heterocycles. The van der Waals surface area contributed by atoms with Gasteiger partial charge in [0.05, 0.1) is 0 Å². The van der Waals surface area contributed by atoms with E-state index >= 15 is 0 Å². The third kappa shape index (κ3) is 3.59. The van der Waals surface area contributed by atoms with Gasteiger partial charge in [-0.2, -0.15) is 0 Å². The van der Waals surface area contributed by atoms with E-state index in [1.165, 1.54) is 44.9 Å². The molecule has 1 saturated carbocycles. The van der Waals surface area contributed by atoms with Crippen LogP contribution in [-0.2, 0) is 0 Å². The Morgan fingerprint density at radius 1 is 0.950 bits per heavy atom. The van der Waals surface area contributed by atoms with Crippen LogP contribution in [0.3, 0.4) is 0 Å². The van der Waals surface area contributed by atoms with Crippen molar-refractivity contribution in [2.75, 3.05) is 0 Å². The number of hydrogen-bond acceptors (Lipinski definition) is 1. The van der Waals surface area contributed by atoms with Crippen molar-refractivity contribution in [2.24, 2.45) is 16.7 Å². The quantitative estimate of drug-likeness (QED) is 0.664. The van der Waals surface area contributed by atoms with Gasteiger partial charge in [-0.25, -0.2) is 0 Å². The second kappa shape index (κ2) is 5.00. The lowest BCUT2D eigenvalue weighted by Crippen LogP contribution is -2.56. The van der Waals surface area contributed by atoms with Gasteiger partial charge >= 0.3 is 0 Å². The molecule has 2 rings (SSSR count). The number of hydrogen-bond donors (Lipinski definition) is 1. The highest BCUT2D eigenvalue weighted by atomic mass is 15.1. The van der Waals surface area contributed by atoms with Gasteiger partial charge in [-0.15, -0.1) is 0 Å². The Kier molecular flexibility index (Phi) is 4.09. The molecule has 3 atom stereocenters. The lowest BCUT2D eigenvalue weighted by molar-refractivity contribution is 0.103. The molecule has 2 aliphatic rings. The molecule has 0 aromatic heterocycles. The lowest BCUT2D eigenvalue weighted by Gasteiger charge is -2.46. The molecule has 1 heteroatoms. The van der Waals surface area contributed by atoms with E-state index in [9.17, 15) is 0 Å². The van der Waals surface area contributed by atoms with Crippen LogP contribution in [0.15, 0.2) is 0 Å². The minimum atomic E-state index is 0.252. The van der Waals surface area contributed by atoms with Crippen LogP contribution < -0.4 is 5.32 Å². The smallest absolute Gasteiger partial charge is 0.0189 e. The Balaban J connectivity index is 2.31. The summed E-state index contributed by atoms with van der Waals surface area (Å²) in [5.74, 6) is 0.858. The van der Waals surface area contributed by atoms with Crippen LogP contribution in [0.5, 0.6) is 0 Å². The average molecular weight is 280 g/mol. The third-order valence-corrected chi connectivity index (χ3v) is 5.92. The summed E-state index contributed by atoms with van der Waals surface area (Å²) < 4.78 is 0. The van der Waals surface area contributed by atoms with Gasteiger partial charge in [0.15, 0.2) is 0 Å². The largest absolute Gasteiger partial charge is 0.306 e. The van der Waals surface area contributed by atoms with Crippen molar-refractivity contribution in [3.63, 3.8) is 0 Å². The Bertz CT molecular complexity index is 357. The Morgan fingerprint density at radius 2 is 1.60 bits per heavy atom. The molecular formula is C19H37N. The van der Waals surface area contributed by atoms with Gasteiger partial charge in [0.25, 0.3) is 0 Å². The van der Waals surface area contributed by atoms with E-state index in [0.717, 1.165) is 5.92 Å². The molecule has 0 spiro atoms. The maximum Gasteiger partial charge on any atom is 0.0189 e. The van der Waals surface area contributed by atoms with Crippen molar-refractivity contribution in [2.45, 2.75) is 104 Å². The van der Waals surface area contributed by atoms with Crippen LogP contribution in [-0.4, -0.2) is 11.1 Å². The minimum absolute atomic E-state index is 0.252. The topological polar surface area (TPSA) is 12.0 Å². The highest BCUT2D eigenvalue weighted by Crippen LogP contribution is 2.52. The predicted molar refractivity (Wildman–Crippen MR) is 89.0 cm³/mol. The fourth-order valence-electron chi connectivity index (χ4n) is 6.09. The van der Waals surface area contributed by atoms with Gasteiger partial charge in [-0.1, -0.05) is 34.6 Å². The summed E-state index contributed by atoms with van der Waals surface area (Å²) >= 11 is 0. The summed E-state index contributed by atoms with van der Waals surface area (Å²) in [4.78, 5) is 0. The molecule has 0 amide bonds. The van der Waals surface area contributed by atoms with E-state index in [0.29, 0.717) is 16.4 Å². The van der Waals surface area contributed by atoms with Crippen molar-refractivity contribution >= 4 is 0 Å². The van der Waals surface area contributed by atoms with Gasteiger partial charge in [-0.05, 0) is 75.5 Å². The number of fused-ring (bicyclic) bond motifs is 2. The van der Waals surface area contributed by atoms with Crippen molar-refractivity contribution in [3.05, 3.63) is 0 Å². The highest BCUT2D eigenvalue weighted by molar-refractivity contribution is 5.05. The first-order valence-corrected chi connectivity index (χ1v) is 8.78. The zero-order chi connectivity index (χ0) is 15.2. The number of nitrogens with one attached hydrogen (secondary N) is 1. The van der Waals surface area contributed by atoms with Crippen LogP contribution in [0.1, 0.15) is 93.4 Å². The molecule has 1 nitrogen and oxygen atoms in total. The second-order valence-corrected chi connectivity index (χ2v) is 9.98. The van der Waals surface area contributed by atoms with Crippen molar-refractivity contribution in [3.8, 4) is 0 Å². The predicted octanol–water partition coefficient (Wildman–Crippen LogP) is 5.54. The Hall–Kier alpha value is -0.0400. The first-order chi connectivity index (χ1) is 8.99. The molecule has 1 heterocycles. The fraction of sp³-hybridized carbons (Fsp3) is 1.00. The molecule has 3 unspecified atom stereocenters. The maximum atomic E-state index is 4.11. The van der Waals surface area contributed by atoms with Gasteiger partial charge in [0.1, 0.15) is 0 Å². The monoisotopic (exact) mass is 279 g/mol.